The molecule has 5 heteroatoms. The highest BCUT2D eigenvalue weighted by Crippen LogP contribution is 2.27. The Morgan fingerprint density at radius 2 is 1.73 bits per heavy atom. The number of halogens is 1. The summed E-state index contributed by atoms with van der Waals surface area (Å²) in [6, 6.07) is 12.8. The van der Waals surface area contributed by atoms with E-state index in [1.807, 2.05) is 36.4 Å². The second-order valence-corrected chi connectivity index (χ2v) is 5.36. The van der Waals surface area contributed by atoms with Crippen molar-refractivity contribution < 1.29 is 14.3 Å². The molecular weight excluding hydrogens is 346 g/mol. The minimum atomic E-state index is -0.197. The molecular formula is C17H16BrNO3. The van der Waals surface area contributed by atoms with Crippen LogP contribution in [0.1, 0.15) is 5.56 Å². The van der Waals surface area contributed by atoms with Crippen LogP contribution in [0.5, 0.6) is 11.5 Å². The molecule has 2 aromatic carbocycles. The van der Waals surface area contributed by atoms with Crippen molar-refractivity contribution in [1.82, 2.24) is 0 Å². The smallest absolute Gasteiger partial charge is 0.248 e. The molecule has 22 heavy (non-hydrogen) atoms. The maximum absolute atomic E-state index is 11.9. The summed E-state index contributed by atoms with van der Waals surface area (Å²) in [5.41, 5.74) is 1.59. The van der Waals surface area contributed by atoms with Gasteiger partial charge in [-0.2, -0.15) is 0 Å². The number of amides is 1. The third kappa shape index (κ3) is 4.36. The molecule has 0 aromatic heterocycles. The maximum atomic E-state index is 11.9. The quantitative estimate of drug-likeness (QED) is 0.814. The zero-order chi connectivity index (χ0) is 15.9. The van der Waals surface area contributed by atoms with Crippen molar-refractivity contribution in [3.05, 3.63) is 58.6 Å². The minimum Gasteiger partial charge on any atom is -0.493 e. The number of ether oxygens (including phenoxy) is 2. The van der Waals surface area contributed by atoms with Gasteiger partial charge in [0, 0.05) is 16.2 Å². The lowest BCUT2D eigenvalue weighted by molar-refractivity contribution is -0.111. The van der Waals surface area contributed by atoms with Gasteiger partial charge in [0.2, 0.25) is 5.91 Å². The summed E-state index contributed by atoms with van der Waals surface area (Å²) in [5.74, 6) is 1.08. The lowest BCUT2D eigenvalue weighted by atomic mass is 10.2. The molecule has 2 rings (SSSR count). The van der Waals surface area contributed by atoms with Crippen LogP contribution in [0.3, 0.4) is 0 Å². The Balaban J connectivity index is 2.04. The first-order chi connectivity index (χ1) is 10.6. The monoisotopic (exact) mass is 361 g/mol. The fourth-order valence-corrected chi connectivity index (χ4v) is 2.11. The van der Waals surface area contributed by atoms with E-state index in [1.54, 1.807) is 26.4 Å². The Kier molecular flexibility index (Phi) is 5.61. The molecule has 0 unspecified atom stereocenters. The standard InChI is InChI=1S/C17H16BrNO3/c1-21-15-9-3-12(11-16(15)22-2)4-10-17(20)19-14-7-5-13(18)6-8-14/h3-11H,1-2H3,(H,19,20)/b10-4+. The third-order valence-electron chi connectivity index (χ3n) is 2.95. The average molecular weight is 362 g/mol. The number of hydrogen-bond acceptors (Lipinski definition) is 3. The van der Waals surface area contributed by atoms with Gasteiger partial charge in [0.05, 0.1) is 14.2 Å². The van der Waals surface area contributed by atoms with Crippen molar-refractivity contribution in [2.75, 3.05) is 19.5 Å². The van der Waals surface area contributed by atoms with E-state index in [4.69, 9.17) is 9.47 Å². The molecule has 0 aliphatic carbocycles. The third-order valence-corrected chi connectivity index (χ3v) is 3.48. The maximum Gasteiger partial charge on any atom is 0.248 e. The van der Waals surface area contributed by atoms with Crippen LogP contribution in [0.25, 0.3) is 6.08 Å². The zero-order valence-corrected chi connectivity index (χ0v) is 13.9. The SMILES string of the molecule is COc1ccc(/C=C/C(=O)Nc2ccc(Br)cc2)cc1OC. The number of benzene rings is 2. The first kappa shape index (κ1) is 16.1. The van der Waals surface area contributed by atoms with Gasteiger partial charge in [0.15, 0.2) is 11.5 Å². The largest absolute Gasteiger partial charge is 0.493 e. The second-order valence-electron chi connectivity index (χ2n) is 4.44. The average Bonchev–Trinajstić information content (AvgIpc) is 2.54. The predicted molar refractivity (Wildman–Crippen MR) is 91.4 cm³/mol. The summed E-state index contributed by atoms with van der Waals surface area (Å²) in [4.78, 5) is 11.9. The lowest BCUT2D eigenvalue weighted by Gasteiger charge is -2.07. The van der Waals surface area contributed by atoms with Gasteiger partial charge in [-0.25, -0.2) is 0 Å². The van der Waals surface area contributed by atoms with Crippen LogP contribution in [0, 0.1) is 0 Å². The highest BCUT2D eigenvalue weighted by Gasteiger charge is 2.03. The molecule has 114 valence electrons. The number of carbonyl (C=O) groups is 1. The van der Waals surface area contributed by atoms with E-state index >= 15 is 0 Å². The van der Waals surface area contributed by atoms with E-state index in [2.05, 4.69) is 21.2 Å². The van der Waals surface area contributed by atoms with Gasteiger partial charge in [-0.1, -0.05) is 22.0 Å². The summed E-state index contributed by atoms with van der Waals surface area (Å²) < 4.78 is 11.4. The van der Waals surface area contributed by atoms with Crippen LogP contribution < -0.4 is 14.8 Å². The Bertz CT molecular complexity index is 681. The van der Waals surface area contributed by atoms with Gasteiger partial charge in [-0.05, 0) is 48.0 Å². The molecule has 0 fully saturated rings. The summed E-state index contributed by atoms with van der Waals surface area (Å²) >= 11 is 3.35. The van der Waals surface area contributed by atoms with Gasteiger partial charge in [0.25, 0.3) is 0 Å². The Labute approximate surface area is 137 Å². The molecule has 0 saturated carbocycles. The minimum absolute atomic E-state index is 0.197. The number of carbonyl (C=O) groups excluding carboxylic acids is 1. The van der Waals surface area contributed by atoms with Crippen LogP contribution in [0.2, 0.25) is 0 Å². The summed E-state index contributed by atoms with van der Waals surface area (Å²) in [5, 5.41) is 2.79. The van der Waals surface area contributed by atoms with Gasteiger partial charge in [0.1, 0.15) is 0 Å². The van der Waals surface area contributed by atoms with Gasteiger partial charge in [-0.3, -0.25) is 4.79 Å². The molecule has 0 atom stereocenters. The van der Waals surface area contributed by atoms with E-state index in [0.717, 1.165) is 15.7 Å². The molecule has 0 spiro atoms. The van der Waals surface area contributed by atoms with Crippen molar-refractivity contribution in [2.45, 2.75) is 0 Å². The zero-order valence-electron chi connectivity index (χ0n) is 12.3. The molecule has 0 aliphatic heterocycles. The fourth-order valence-electron chi connectivity index (χ4n) is 1.85. The van der Waals surface area contributed by atoms with E-state index in [0.29, 0.717) is 11.5 Å². The predicted octanol–water partition coefficient (Wildman–Crippen LogP) is 4.12. The molecule has 0 radical (unpaired) electrons. The van der Waals surface area contributed by atoms with Crippen LogP contribution in [-0.2, 0) is 4.79 Å². The first-order valence-corrected chi connectivity index (χ1v) is 7.38. The van der Waals surface area contributed by atoms with Gasteiger partial charge in [-0.15, -0.1) is 0 Å². The van der Waals surface area contributed by atoms with Gasteiger partial charge >= 0.3 is 0 Å². The van der Waals surface area contributed by atoms with E-state index in [1.165, 1.54) is 6.08 Å². The normalized spacial score (nSPS) is 10.5. The van der Waals surface area contributed by atoms with Crippen molar-refractivity contribution in [3.8, 4) is 11.5 Å². The topological polar surface area (TPSA) is 47.6 Å². The lowest BCUT2D eigenvalue weighted by Crippen LogP contribution is -2.07. The van der Waals surface area contributed by atoms with Crippen LogP contribution in [0.15, 0.2) is 53.0 Å². The highest BCUT2D eigenvalue weighted by molar-refractivity contribution is 9.10. The second kappa shape index (κ2) is 7.66. The van der Waals surface area contributed by atoms with Crippen LogP contribution in [0.4, 0.5) is 5.69 Å². The number of nitrogens with one attached hydrogen (secondary N) is 1. The molecule has 1 amide bonds. The number of hydrogen-bond donors (Lipinski definition) is 1. The summed E-state index contributed by atoms with van der Waals surface area (Å²) in [6.45, 7) is 0. The summed E-state index contributed by atoms with van der Waals surface area (Å²) in [7, 11) is 3.16. The first-order valence-electron chi connectivity index (χ1n) is 6.59. The number of anilines is 1. The van der Waals surface area contributed by atoms with Crippen molar-refractivity contribution in [2.24, 2.45) is 0 Å². The van der Waals surface area contributed by atoms with Crippen molar-refractivity contribution in [1.29, 1.82) is 0 Å². The molecule has 2 aromatic rings. The van der Waals surface area contributed by atoms with Gasteiger partial charge < -0.3 is 14.8 Å². The van der Waals surface area contributed by atoms with Crippen LogP contribution >= 0.6 is 15.9 Å². The molecule has 0 heterocycles. The van der Waals surface area contributed by atoms with Crippen molar-refractivity contribution >= 4 is 33.6 Å². The Morgan fingerprint density at radius 1 is 1.05 bits per heavy atom. The van der Waals surface area contributed by atoms with E-state index in [-0.39, 0.29) is 5.91 Å². The molecule has 4 nitrogen and oxygen atoms in total. The Morgan fingerprint density at radius 3 is 2.36 bits per heavy atom. The fraction of sp³-hybridized carbons (Fsp3) is 0.118. The van der Waals surface area contributed by atoms with E-state index in [9.17, 15) is 4.79 Å². The molecule has 0 aliphatic rings. The van der Waals surface area contributed by atoms with E-state index < -0.39 is 0 Å². The number of rotatable bonds is 5. The van der Waals surface area contributed by atoms with Crippen molar-refractivity contribution in [3.63, 3.8) is 0 Å². The number of methoxy groups -OCH3 is 2. The highest BCUT2D eigenvalue weighted by atomic mass is 79.9. The molecule has 1 N–H and O–H groups in total. The molecule has 0 bridgehead atoms. The Hall–Kier alpha value is -2.27. The van der Waals surface area contributed by atoms with Crippen LogP contribution in [-0.4, -0.2) is 20.1 Å². The summed E-state index contributed by atoms with van der Waals surface area (Å²) in [6.07, 6.45) is 3.19. The molecule has 0 saturated heterocycles.